The number of halogens is 2. The van der Waals surface area contributed by atoms with Gasteiger partial charge in [-0.25, -0.2) is 0 Å². The molecule has 2 rings (SSSR count). The number of hydrogen-bond donors (Lipinski definition) is 2. The summed E-state index contributed by atoms with van der Waals surface area (Å²) < 4.78 is 29.2. The number of ether oxygens (including phenoxy) is 2. The maximum atomic E-state index is 11.9. The Bertz CT molecular complexity index is 854. The Morgan fingerprint density at radius 2 is 1.23 bits per heavy atom. The molecule has 158 valence electrons. The molecule has 0 aliphatic carbocycles. The first kappa shape index (κ1) is 24.4. The summed E-state index contributed by atoms with van der Waals surface area (Å²) in [7, 11) is 1.12. The Labute approximate surface area is 173 Å². The van der Waals surface area contributed by atoms with Crippen LogP contribution in [0.2, 0.25) is 0 Å². The molecule has 2 N–H and O–H groups in total. The van der Waals surface area contributed by atoms with Crippen molar-refractivity contribution in [3.63, 3.8) is 0 Å². The fraction of sp³-hybridized carbons (Fsp3) is 0.143. The van der Waals surface area contributed by atoms with Crippen LogP contribution in [0.4, 0.5) is 8.63 Å². The summed E-state index contributed by atoms with van der Waals surface area (Å²) in [5.74, 6) is -0.0832. The van der Waals surface area contributed by atoms with Gasteiger partial charge in [0.25, 0.3) is 0 Å². The van der Waals surface area contributed by atoms with Gasteiger partial charge in [0.15, 0.2) is 34.6 Å². The molecule has 0 amide bonds. The zero-order valence-corrected chi connectivity index (χ0v) is 16.5. The van der Waals surface area contributed by atoms with Gasteiger partial charge < -0.3 is 19.7 Å². The van der Waals surface area contributed by atoms with Crippen molar-refractivity contribution in [1.29, 1.82) is 0 Å². The molecular formula is C21H21BF2O6. The maximum Gasteiger partial charge on any atom is 0.521 e. The quantitative estimate of drug-likeness (QED) is 0.387. The summed E-state index contributed by atoms with van der Waals surface area (Å²) in [5.41, 5.74) is 1.33. The van der Waals surface area contributed by atoms with E-state index in [0.717, 1.165) is 0 Å². The molecule has 0 fully saturated rings. The van der Waals surface area contributed by atoms with Gasteiger partial charge in [-0.2, -0.15) is 0 Å². The van der Waals surface area contributed by atoms with Crippen molar-refractivity contribution in [2.75, 3.05) is 14.2 Å². The smallest absolute Gasteiger partial charge is 0.504 e. The highest BCUT2D eigenvalue weighted by atomic mass is 19.2. The highest BCUT2D eigenvalue weighted by Crippen LogP contribution is 2.27. The summed E-state index contributed by atoms with van der Waals surface area (Å²) in [6.07, 6.45) is 5.44. The van der Waals surface area contributed by atoms with Gasteiger partial charge in [-0.15, -0.1) is 0 Å². The molecule has 0 spiro atoms. The lowest BCUT2D eigenvalue weighted by molar-refractivity contribution is -0.121. The van der Waals surface area contributed by atoms with Crippen LogP contribution in [0.3, 0.4) is 0 Å². The molecule has 2 aromatic rings. The van der Waals surface area contributed by atoms with E-state index in [4.69, 9.17) is 9.47 Å². The number of ketones is 2. The first-order chi connectivity index (χ1) is 14.3. The number of allylic oxidation sites excluding steroid dienone is 2. The van der Waals surface area contributed by atoms with E-state index >= 15 is 0 Å². The van der Waals surface area contributed by atoms with Crippen LogP contribution in [0.15, 0.2) is 48.6 Å². The number of carbonyl (C=O) groups excluding carboxylic acids is 2. The van der Waals surface area contributed by atoms with Crippen LogP contribution in [-0.2, 0) is 9.59 Å². The molecule has 0 unspecified atom stereocenters. The van der Waals surface area contributed by atoms with Crippen LogP contribution >= 0.6 is 0 Å². The minimum Gasteiger partial charge on any atom is -0.504 e. The van der Waals surface area contributed by atoms with Crippen molar-refractivity contribution < 1.29 is 37.9 Å². The third kappa shape index (κ3) is 8.18. The van der Waals surface area contributed by atoms with Crippen molar-refractivity contribution in [3.05, 3.63) is 59.7 Å². The SMILES string of the molecule is COc1cc(/C=C/C(=O)CC(=O)/C=C/c2ccc(O)c(OC)c2)ccc1O.FBF. The topological polar surface area (TPSA) is 93.1 Å². The molecule has 9 heteroatoms. The third-order valence-corrected chi connectivity index (χ3v) is 3.68. The molecule has 0 aromatic heterocycles. The Kier molecular flexibility index (Phi) is 10.4. The molecule has 0 aliphatic rings. The van der Waals surface area contributed by atoms with Crippen molar-refractivity contribution in [1.82, 2.24) is 0 Å². The highest BCUT2D eigenvalue weighted by molar-refractivity contribution is 6.15. The fourth-order valence-corrected chi connectivity index (χ4v) is 2.26. The number of carbonyl (C=O) groups is 2. The van der Waals surface area contributed by atoms with Crippen molar-refractivity contribution in [3.8, 4) is 23.0 Å². The van der Waals surface area contributed by atoms with Gasteiger partial charge in [0.2, 0.25) is 0 Å². The maximum absolute atomic E-state index is 11.9. The molecule has 0 atom stereocenters. The second kappa shape index (κ2) is 12.8. The lowest BCUT2D eigenvalue weighted by Crippen LogP contribution is -2.01. The molecule has 0 saturated carbocycles. The Morgan fingerprint density at radius 1 is 0.867 bits per heavy atom. The van der Waals surface area contributed by atoms with Gasteiger partial charge in [0.05, 0.1) is 20.6 Å². The number of aromatic hydroxyl groups is 2. The summed E-state index contributed by atoms with van der Waals surface area (Å²) in [6.45, 7) is 0. The van der Waals surface area contributed by atoms with Crippen LogP contribution < -0.4 is 9.47 Å². The van der Waals surface area contributed by atoms with Crippen LogP contribution in [0.1, 0.15) is 17.5 Å². The fourth-order valence-electron chi connectivity index (χ4n) is 2.26. The monoisotopic (exact) mass is 418 g/mol. The van der Waals surface area contributed by atoms with Crippen LogP contribution in [0.25, 0.3) is 12.2 Å². The summed E-state index contributed by atoms with van der Waals surface area (Å²) in [4.78, 5) is 23.9. The lowest BCUT2D eigenvalue weighted by atomic mass is 10.1. The first-order valence-electron chi connectivity index (χ1n) is 8.62. The second-order valence-corrected chi connectivity index (χ2v) is 5.74. The number of phenols is 2. The molecule has 0 radical (unpaired) electrons. The van der Waals surface area contributed by atoms with E-state index in [1.807, 2.05) is 0 Å². The Hall–Kier alpha value is -3.62. The predicted molar refractivity (Wildman–Crippen MR) is 111 cm³/mol. The van der Waals surface area contributed by atoms with Crippen LogP contribution in [0, 0.1) is 0 Å². The largest absolute Gasteiger partial charge is 0.521 e. The van der Waals surface area contributed by atoms with Gasteiger partial charge >= 0.3 is 7.83 Å². The Balaban J connectivity index is 0.00000141. The lowest BCUT2D eigenvalue weighted by Gasteiger charge is -2.03. The summed E-state index contributed by atoms with van der Waals surface area (Å²) in [5, 5.41) is 19.1. The van der Waals surface area contributed by atoms with Crippen LogP contribution in [-0.4, -0.2) is 43.8 Å². The Morgan fingerprint density at radius 3 is 1.57 bits per heavy atom. The standard InChI is InChI=1S/C21H20O6.BF2H/c1-26-20-11-14(5-9-18(20)24)3-7-16(22)13-17(23)8-4-15-6-10-19(25)21(12-15)27-2;2-1-3/h3-12,24-25H,13H2,1-2H3;1H/b7-3+,8-4+;. The van der Waals surface area contributed by atoms with Crippen molar-refractivity contribution in [2.24, 2.45) is 0 Å². The predicted octanol–water partition coefficient (Wildman–Crippen LogP) is 3.56. The molecule has 6 nitrogen and oxygen atoms in total. The first-order valence-corrected chi connectivity index (χ1v) is 8.62. The third-order valence-electron chi connectivity index (χ3n) is 3.68. The number of rotatable bonds is 8. The minimum atomic E-state index is -1.75. The molecule has 0 saturated heterocycles. The average molecular weight is 418 g/mol. The molecular weight excluding hydrogens is 397 g/mol. The van der Waals surface area contributed by atoms with E-state index in [1.165, 1.54) is 38.5 Å². The normalized spacial score (nSPS) is 10.4. The zero-order chi connectivity index (χ0) is 22.5. The van der Waals surface area contributed by atoms with E-state index in [2.05, 4.69) is 0 Å². The van der Waals surface area contributed by atoms with Crippen molar-refractivity contribution >= 4 is 31.6 Å². The van der Waals surface area contributed by atoms with E-state index < -0.39 is 7.83 Å². The molecule has 0 bridgehead atoms. The molecule has 2 aromatic carbocycles. The number of phenolic OH excluding ortho intramolecular Hbond substituents is 2. The summed E-state index contributed by atoms with van der Waals surface area (Å²) >= 11 is 0. The van der Waals surface area contributed by atoms with Gasteiger partial charge in [-0.1, -0.05) is 24.3 Å². The number of methoxy groups -OCH3 is 2. The molecule has 0 heterocycles. The van der Waals surface area contributed by atoms with E-state index in [9.17, 15) is 28.4 Å². The minimum absolute atomic E-state index is 0.00662. The second-order valence-electron chi connectivity index (χ2n) is 5.74. The zero-order valence-electron chi connectivity index (χ0n) is 16.5. The number of hydrogen-bond acceptors (Lipinski definition) is 6. The van der Waals surface area contributed by atoms with E-state index in [0.29, 0.717) is 22.6 Å². The van der Waals surface area contributed by atoms with Crippen molar-refractivity contribution in [2.45, 2.75) is 6.42 Å². The van der Waals surface area contributed by atoms with Gasteiger partial charge in [-0.05, 0) is 47.5 Å². The van der Waals surface area contributed by atoms with Crippen LogP contribution in [0.5, 0.6) is 23.0 Å². The highest BCUT2D eigenvalue weighted by Gasteiger charge is 2.06. The van der Waals surface area contributed by atoms with Gasteiger partial charge in [0, 0.05) is 0 Å². The van der Waals surface area contributed by atoms with E-state index in [1.54, 1.807) is 36.4 Å². The average Bonchev–Trinajstić information content (AvgIpc) is 2.73. The summed E-state index contributed by atoms with van der Waals surface area (Å²) in [6, 6.07) is 9.34. The van der Waals surface area contributed by atoms with Gasteiger partial charge in [-0.3, -0.25) is 18.2 Å². The van der Waals surface area contributed by atoms with Gasteiger partial charge in [0.1, 0.15) is 0 Å². The molecule has 0 aliphatic heterocycles. The molecule has 30 heavy (non-hydrogen) atoms. The van der Waals surface area contributed by atoms with E-state index in [-0.39, 0.29) is 29.5 Å². The number of benzene rings is 2.